The molecule has 1 N–H and O–H groups in total. The lowest BCUT2D eigenvalue weighted by Crippen LogP contribution is -2.13. The Bertz CT molecular complexity index is 862. The van der Waals surface area contributed by atoms with Crippen LogP contribution in [0.3, 0.4) is 0 Å². The number of aryl methyl sites for hydroxylation is 1. The zero-order valence-electron chi connectivity index (χ0n) is 16.0. The summed E-state index contributed by atoms with van der Waals surface area (Å²) in [5, 5.41) is 6.88. The molecule has 0 spiro atoms. The van der Waals surface area contributed by atoms with Crippen LogP contribution in [0.5, 0.6) is 0 Å². The first-order valence-corrected chi connectivity index (χ1v) is 9.12. The maximum atomic E-state index is 12.1. The molecule has 0 unspecified atom stereocenters. The molecule has 0 saturated heterocycles. The molecule has 3 aromatic rings. The van der Waals surface area contributed by atoms with Crippen molar-refractivity contribution in [3.63, 3.8) is 0 Å². The molecular formula is C21H25N5O. The van der Waals surface area contributed by atoms with Gasteiger partial charge in [-0.2, -0.15) is 5.10 Å². The van der Waals surface area contributed by atoms with E-state index < -0.39 is 0 Å². The lowest BCUT2D eigenvalue weighted by Gasteiger charge is -2.19. The summed E-state index contributed by atoms with van der Waals surface area (Å²) in [6.45, 7) is 6.62. The van der Waals surface area contributed by atoms with Crippen LogP contribution in [0, 0.1) is 0 Å². The van der Waals surface area contributed by atoms with E-state index in [0.717, 1.165) is 18.5 Å². The molecule has 0 atom stereocenters. The monoisotopic (exact) mass is 363 g/mol. The van der Waals surface area contributed by atoms with Gasteiger partial charge in [0.15, 0.2) is 0 Å². The number of nitrogens with zero attached hydrogens (tertiary/aromatic N) is 4. The molecule has 140 valence electrons. The van der Waals surface area contributed by atoms with Crippen LogP contribution < -0.4 is 5.32 Å². The molecule has 0 aliphatic heterocycles. The van der Waals surface area contributed by atoms with Crippen molar-refractivity contribution in [3.8, 4) is 5.69 Å². The predicted molar refractivity (Wildman–Crippen MR) is 106 cm³/mol. The molecule has 0 radical (unpaired) electrons. The summed E-state index contributed by atoms with van der Waals surface area (Å²) >= 11 is 0. The molecule has 6 heteroatoms. The average Bonchev–Trinajstić information content (AvgIpc) is 3.17. The molecule has 3 rings (SSSR count). The number of benzene rings is 1. The van der Waals surface area contributed by atoms with Crippen molar-refractivity contribution >= 4 is 11.7 Å². The maximum absolute atomic E-state index is 12.1. The molecule has 0 bridgehead atoms. The maximum Gasteiger partial charge on any atom is 0.225 e. The highest BCUT2D eigenvalue weighted by Gasteiger charge is 2.12. The van der Waals surface area contributed by atoms with Crippen molar-refractivity contribution in [2.45, 2.75) is 45.4 Å². The Balaban J connectivity index is 1.46. The van der Waals surface area contributed by atoms with Crippen LogP contribution in [0.4, 0.5) is 5.82 Å². The van der Waals surface area contributed by atoms with Crippen LogP contribution in [0.25, 0.3) is 5.69 Å². The molecule has 0 saturated carbocycles. The van der Waals surface area contributed by atoms with Gasteiger partial charge in [0, 0.05) is 6.42 Å². The third kappa shape index (κ3) is 5.23. The lowest BCUT2D eigenvalue weighted by molar-refractivity contribution is -0.116. The lowest BCUT2D eigenvalue weighted by atomic mass is 9.86. The number of nitrogens with one attached hydrogen (secondary N) is 1. The zero-order chi connectivity index (χ0) is 19.3. The van der Waals surface area contributed by atoms with Crippen LogP contribution in [0.1, 0.15) is 44.7 Å². The number of hydrogen-bond donors (Lipinski definition) is 1. The van der Waals surface area contributed by atoms with Crippen molar-refractivity contribution in [1.82, 2.24) is 19.7 Å². The van der Waals surface area contributed by atoms with Crippen LogP contribution in [0.2, 0.25) is 0 Å². The van der Waals surface area contributed by atoms with Gasteiger partial charge in [-0.3, -0.25) is 4.79 Å². The standard InChI is InChI=1S/C21H25N5O/c1-21(2,3)17-9-7-16(8-10-17)5-4-6-20(27)25-19-12-11-18(13-23-19)26-15-22-14-24-26/h7-15H,4-6H2,1-3H3,(H,23,25,27). The third-order valence-corrected chi connectivity index (χ3v) is 4.39. The molecule has 27 heavy (non-hydrogen) atoms. The quantitative estimate of drug-likeness (QED) is 0.720. The fourth-order valence-electron chi connectivity index (χ4n) is 2.77. The van der Waals surface area contributed by atoms with E-state index in [0.29, 0.717) is 12.2 Å². The number of pyridine rings is 1. The second-order valence-corrected chi connectivity index (χ2v) is 7.59. The SMILES string of the molecule is CC(C)(C)c1ccc(CCCC(=O)Nc2ccc(-n3cncn3)cn2)cc1. The number of amides is 1. The van der Waals surface area contributed by atoms with Gasteiger partial charge in [-0.1, -0.05) is 45.0 Å². The van der Waals surface area contributed by atoms with E-state index >= 15 is 0 Å². The van der Waals surface area contributed by atoms with E-state index in [1.165, 1.54) is 17.5 Å². The minimum absolute atomic E-state index is 0.0256. The van der Waals surface area contributed by atoms with Crippen molar-refractivity contribution in [2.75, 3.05) is 5.32 Å². The van der Waals surface area contributed by atoms with Crippen LogP contribution in [0.15, 0.2) is 55.2 Å². The summed E-state index contributed by atoms with van der Waals surface area (Å²) in [5.41, 5.74) is 3.54. The Labute approximate surface area is 159 Å². The summed E-state index contributed by atoms with van der Waals surface area (Å²) in [7, 11) is 0. The Morgan fingerprint density at radius 2 is 1.89 bits per heavy atom. The number of rotatable bonds is 6. The molecule has 2 aromatic heterocycles. The van der Waals surface area contributed by atoms with Gasteiger partial charge in [-0.25, -0.2) is 14.6 Å². The normalized spacial score (nSPS) is 11.4. The minimum atomic E-state index is -0.0256. The highest BCUT2D eigenvalue weighted by molar-refractivity contribution is 5.89. The molecule has 0 aliphatic carbocycles. The first kappa shape index (κ1) is 18.8. The van der Waals surface area contributed by atoms with Crippen molar-refractivity contribution in [2.24, 2.45) is 0 Å². The van der Waals surface area contributed by atoms with E-state index in [1.807, 2.05) is 6.07 Å². The van der Waals surface area contributed by atoms with Gasteiger partial charge in [0.05, 0.1) is 11.9 Å². The van der Waals surface area contributed by atoms with E-state index in [-0.39, 0.29) is 11.3 Å². The summed E-state index contributed by atoms with van der Waals surface area (Å²) in [5.74, 6) is 0.515. The Morgan fingerprint density at radius 3 is 2.48 bits per heavy atom. The molecular weight excluding hydrogens is 338 g/mol. The Morgan fingerprint density at radius 1 is 1.11 bits per heavy atom. The second kappa shape index (κ2) is 8.12. The molecule has 6 nitrogen and oxygen atoms in total. The number of carbonyl (C=O) groups excluding carboxylic acids is 1. The fourth-order valence-corrected chi connectivity index (χ4v) is 2.77. The molecule has 2 heterocycles. The smallest absolute Gasteiger partial charge is 0.225 e. The van der Waals surface area contributed by atoms with Gasteiger partial charge in [0.25, 0.3) is 0 Å². The van der Waals surface area contributed by atoms with E-state index in [4.69, 9.17) is 0 Å². The third-order valence-electron chi connectivity index (χ3n) is 4.39. The number of anilines is 1. The Kier molecular flexibility index (Phi) is 5.64. The molecule has 1 amide bonds. The van der Waals surface area contributed by atoms with Crippen LogP contribution in [-0.4, -0.2) is 25.7 Å². The van der Waals surface area contributed by atoms with Gasteiger partial charge in [0.1, 0.15) is 18.5 Å². The summed E-state index contributed by atoms with van der Waals surface area (Å²) < 4.78 is 1.61. The number of hydrogen-bond acceptors (Lipinski definition) is 4. The van der Waals surface area contributed by atoms with Crippen LogP contribution in [-0.2, 0) is 16.6 Å². The summed E-state index contributed by atoms with van der Waals surface area (Å²) in [4.78, 5) is 20.3. The van der Waals surface area contributed by atoms with Gasteiger partial charge in [0.2, 0.25) is 5.91 Å². The van der Waals surface area contributed by atoms with Gasteiger partial charge in [-0.15, -0.1) is 0 Å². The highest BCUT2D eigenvalue weighted by atomic mass is 16.1. The van der Waals surface area contributed by atoms with Gasteiger partial charge in [-0.05, 0) is 41.5 Å². The summed E-state index contributed by atoms with van der Waals surface area (Å²) in [6.07, 6.45) is 6.87. The summed E-state index contributed by atoms with van der Waals surface area (Å²) in [6, 6.07) is 12.3. The first-order chi connectivity index (χ1) is 12.9. The van der Waals surface area contributed by atoms with Gasteiger partial charge >= 0.3 is 0 Å². The highest BCUT2D eigenvalue weighted by Crippen LogP contribution is 2.22. The van der Waals surface area contributed by atoms with Crippen LogP contribution >= 0.6 is 0 Å². The largest absolute Gasteiger partial charge is 0.311 e. The van der Waals surface area contributed by atoms with E-state index in [1.54, 1.807) is 23.3 Å². The minimum Gasteiger partial charge on any atom is -0.311 e. The van der Waals surface area contributed by atoms with Gasteiger partial charge < -0.3 is 5.32 Å². The van der Waals surface area contributed by atoms with E-state index in [2.05, 4.69) is 65.4 Å². The van der Waals surface area contributed by atoms with Crippen molar-refractivity contribution in [1.29, 1.82) is 0 Å². The zero-order valence-corrected chi connectivity index (χ0v) is 16.0. The van der Waals surface area contributed by atoms with Crippen molar-refractivity contribution < 1.29 is 4.79 Å². The topological polar surface area (TPSA) is 72.7 Å². The van der Waals surface area contributed by atoms with E-state index in [9.17, 15) is 4.79 Å². The first-order valence-electron chi connectivity index (χ1n) is 9.12. The average molecular weight is 363 g/mol. The number of carbonyl (C=O) groups is 1. The molecule has 1 aromatic carbocycles. The fraction of sp³-hybridized carbons (Fsp3) is 0.333. The predicted octanol–water partition coefficient (Wildman–Crippen LogP) is 3.92. The second-order valence-electron chi connectivity index (χ2n) is 7.59. The Hall–Kier alpha value is -3.02. The van der Waals surface area contributed by atoms with Crippen molar-refractivity contribution in [3.05, 3.63) is 66.4 Å². The molecule has 0 fully saturated rings. The molecule has 0 aliphatic rings. The number of aromatic nitrogens is 4.